The summed E-state index contributed by atoms with van der Waals surface area (Å²) in [5, 5.41) is 9.00. The van der Waals surface area contributed by atoms with Crippen molar-refractivity contribution < 1.29 is 57.3 Å². The zero-order chi connectivity index (χ0) is 63.7. The van der Waals surface area contributed by atoms with Crippen LogP contribution in [0.4, 0.5) is 0 Å². The number of rotatable bonds is 20. The Kier molecular flexibility index (Phi) is 26.1. The van der Waals surface area contributed by atoms with E-state index >= 15 is 9.59 Å². The van der Waals surface area contributed by atoms with Gasteiger partial charge in [0.2, 0.25) is 0 Å². The number of aromatic nitrogens is 4. The van der Waals surface area contributed by atoms with Gasteiger partial charge in [0.1, 0.15) is 24.2 Å². The van der Waals surface area contributed by atoms with E-state index in [-0.39, 0.29) is 62.2 Å². The van der Waals surface area contributed by atoms with E-state index in [4.69, 9.17) is 18.9 Å². The number of nitrogens with zero attached hydrogens (tertiary/aromatic N) is 8. The normalized spacial score (nSPS) is 22.5. The number of carbonyl (C=O) groups excluding carboxylic acids is 8. The molecule has 4 amide bonds. The second-order valence-electron chi connectivity index (χ2n) is 24.9. The fourth-order valence-corrected chi connectivity index (χ4v) is 10.8. The number of hydrogen-bond donors (Lipinski definition) is 0. The largest absolute Gasteiger partial charge is 0.451 e. The SMILES string of the molecule is CCCc1ccnn1Cc1ccc(C[C@H]2OC(=O)[C@H](CC(C)C)N(C)C(=O)[C@@H](C)OC(=O)[C@H](CC(C)C)N(C)C(=O)[C@@H](Cc3ccc(Cn4nccc4CCC)cc3)OC(=O)[C@H](CC(C)C)N(C)C(=O)[C@@H](C)OC(=O)[C@H](CC(C)C)N(C)C2=O)cc1. The van der Waals surface area contributed by atoms with Gasteiger partial charge in [-0.25, -0.2) is 19.2 Å². The lowest BCUT2D eigenvalue weighted by Crippen LogP contribution is -2.55. The molecule has 3 heterocycles. The maximum absolute atomic E-state index is 15.1. The van der Waals surface area contributed by atoms with Gasteiger partial charge in [0.05, 0.1) is 13.1 Å². The molecule has 4 aromatic rings. The molecule has 86 heavy (non-hydrogen) atoms. The van der Waals surface area contributed by atoms with Crippen LogP contribution in [-0.4, -0.2) is 163 Å². The van der Waals surface area contributed by atoms with E-state index in [0.29, 0.717) is 24.2 Å². The average Bonchev–Trinajstić information content (AvgIpc) is 3.06. The predicted octanol–water partition coefficient (Wildman–Crippen LogP) is 8.06. The van der Waals surface area contributed by atoms with Crippen LogP contribution in [0.1, 0.15) is 155 Å². The first-order valence-corrected chi connectivity index (χ1v) is 30.7. The molecular formula is C66H96N8O12. The first kappa shape index (κ1) is 69.4. The molecule has 1 aliphatic heterocycles. The summed E-state index contributed by atoms with van der Waals surface area (Å²) < 4.78 is 28.2. The summed E-state index contributed by atoms with van der Waals surface area (Å²) in [5.74, 6) is -7.38. The summed E-state index contributed by atoms with van der Waals surface area (Å²) >= 11 is 0. The highest BCUT2D eigenvalue weighted by Crippen LogP contribution is 2.25. The molecule has 20 nitrogen and oxygen atoms in total. The number of amides is 4. The molecular weight excluding hydrogens is 1100 g/mol. The number of benzene rings is 2. The van der Waals surface area contributed by atoms with Crippen molar-refractivity contribution in [1.29, 1.82) is 0 Å². The quantitative estimate of drug-likeness (QED) is 0.0603. The number of ether oxygens (including phenoxy) is 4. The van der Waals surface area contributed by atoms with Gasteiger partial charge in [-0.2, -0.15) is 10.2 Å². The molecule has 0 spiro atoms. The van der Waals surface area contributed by atoms with E-state index in [2.05, 4.69) is 24.0 Å². The van der Waals surface area contributed by atoms with Crippen molar-refractivity contribution in [2.75, 3.05) is 28.2 Å². The van der Waals surface area contributed by atoms with Crippen LogP contribution in [0.2, 0.25) is 0 Å². The molecule has 1 fully saturated rings. The number of hydrogen-bond acceptors (Lipinski definition) is 14. The smallest absolute Gasteiger partial charge is 0.329 e. The molecule has 2 aromatic heterocycles. The van der Waals surface area contributed by atoms with E-state index in [1.54, 1.807) is 12.4 Å². The second kappa shape index (κ2) is 32.4. The van der Waals surface area contributed by atoms with E-state index in [1.807, 2.05) is 125 Å². The first-order chi connectivity index (χ1) is 40.6. The van der Waals surface area contributed by atoms with Crippen molar-refractivity contribution >= 4 is 47.5 Å². The van der Waals surface area contributed by atoms with Crippen LogP contribution in [0, 0.1) is 23.7 Å². The number of esters is 4. The molecule has 1 aliphatic rings. The van der Waals surface area contributed by atoms with Crippen LogP contribution >= 0.6 is 0 Å². The van der Waals surface area contributed by atoms with Crippen molar-refractivity contribution in [3.63, 3.8) is 0 Å². The van der Waals surface area contributed by atoms with Crippen LogP contribution in [0.25, 0.3) is 0 Å². The topological polar surface area (TPSA) is 222 Å². The molecule has 0 unspecified atom stereocenters. The minimum absolute atomic E-state index is 0.0849. The Morgan fingerprint density at radius 1 is 0.395 bits per heavy atom. The Labute approximate surface area is 509 Å². The van der Waals surface area contributed by atoms with E-state index < -0.39 is 96.1 Å². The number of cyclic esters (lactones) is 4. The van der Waals surface area contributed by atoms with Crippen LogP contribution in [0.5, 0.6) is 0 Å². The summed E-state index contributed by atoms with van der Waals surface area (Å²) in [6, 6.07) is 13.8. The minimum Gasteiger partial charge on any atom is -0.451 e. The summed E-state index contributed by atoms with van der Waals surface area (Å²) in [5.41, 5.74) is 5.32. The Balaban J connectivity index is 1.58. The molecule has 0 aliphatic carbocycles. The Morgan fingerprint density at radius 2 is 0.663 bits per heavy atom. The Bertz CT molecular complexity index is 2690. The third kappa shape index (κ3) is 19.3. The Hall–Kier alpha value is -7.38. The summed E-state index contributed by atoms with van der Waals surface area (Å²) in [7, 11) is 5.61. The lowest BCUT2D eigenvalue weighted by molar-refractivity contribution is -0.176. The van der Waals surface area contributed by atoms with Gasteiger partial charge in [0.25, 0.3) is 23.6 Å². The van der Waals surface area contributed by atoms with Crippen molar-refractivity contribution in [2.24, 2.45) is 23.7 Å². The fourth-order valence-electron chi connectivity index (χ4n) is 10.8. The van der Waals surface area contributed by atoms with Gasteiger partial charge in [-0.15, -0.1) is 0 Å². The van der Waals surface area contributed by atoms with Crippen LogP contribution < -0.4 is 0 Å². The van der Waals surface area contributed by atoms with Gasteiger partial charge in [0, 0.05) is 64.8 Å². The van der Waals surface area contributed by atoms with Gasteiger partial charge >= 0.3 is 23.9 Å². The summed E-state index contributed by atoms with van der Waals surface area (Å²) in [6.45, 7) is 22.8. The lowest BCUT2D eigenvalue weighted by Gasteiger charge is -2.35. The summed E-state index contributed by atoms with van der Waals surface area (Å²) in [4.78, 5) is 123. The lowest BCUT2D eigenvalue weighted by atomic mass is 9.99. The van der Waals surface area contributed by atoms with E-state index in [1.165, 1.54) is 51.8 Å². The van der Waals surface area contributed by atoms with Crippen molar-refractivity contribution in [3.05, 3.63) is 107 Å². The zero-order valence-electron chi connectivity index (χ0n) is 53.8. The molecule has 20 heteroatoms. The molecule has 2 aromatic carbocycles. The standard InChI is InChI=1S/C66H96N8O12/c1-17-19-51-29-31-67-73(51)39-49-25-21-47(22-26-49)37-57-61(77)71(15)53(33-41(3)4)63(79)83-46(12)60(76)70(14)56(36-44(9)10)66(82)86-58(38-48-23-27-50(28-24-48)40-74-52(20-18-2)30-32-68-74)62(78)72(16)54(34-42(5)6)64(80)84-45(11)59(75)69(13)55(35-43(7)8)65(81)85-57/h21-32,41-46,53-58H,17-20,33-40H2,1-16H3/t45-,46-,53+,54+,55+,56+,57-,58-/m1/s1. The molecule has 5 rings (SSSR count). The molecule has 0 bridgehead atoms. The van der Waals surface area contributed by atoms with Crippen molar-refractivity contribution in [1.82, 2.24) is 39.2 Å². The molecule has 0 saturated carbocycles. The van der Waals surface area contributed by atoms with Crippen LogP contribution in [0.3, 0.4) is 0 Å². The van der Waals surface area contributed by atoms with E-state index in [9.17, 15) is 28.8 Å². The minimum atomic E-state index is -1.53. The third-order valence-electron chi connectivity index (χ3n) is 15.7. The number of carbonyl (C=O) groups is 8. The predicted molar refractivity (Wildman–Crippen MR) is 326 cm³/mol. The Morgan fingerprint density at radius 3 is 0.942 bits per heavy atom. The highest BCUT2D eigenvalue weighted by Gasteiger charge is 2.43. The zero-order valence-corrected chi connectivity index (χ0v) is 53.8. The molecule has 472 valence electrons. The summed E-state index contributed by atoms with van der Waals surface area (Å²) in [6.07, 6.45) is 1.22. The van der Waals surface area contributed by atoms with Crippen LogP contribution in [0.15, 0.2) is 73.1 Å². The highest BCUT2D eigenvalue weighted by atomic mass is 16.6. The second-order valence-corrected chi connectivity index (χ2v) is 24.9. The van der Waals surface area contributed by atoms with Crippen LogP contribution in [-0.2, 0) is 96.1 Å². The molecule has 8 atom stereocenters. The maximum atomic E-state index is 15.1. The van der Waals surface area contributed by atoms with Crippen molar-refractivity contribution in [3.8, 4) is 0 Å². The fraction of sp³-hybridized carbons (Fsp3) is 0.606. The van der Waals surface area contributed by atoms with E-state index in [0.717, 1.165) is 58.0 Å². The number of aryl methyl sites for hydroxylation is 2. The number of likely N-dealkylation sites (N-methyl/N-ethyl adjacent to an activating group) is 4. The maximum Gasteiger partial charge on any atom is 0.329 e. The van der Waals surface area contributed by atoms with Crippen molar-refractivity contribution in [2.45, 2.75) is 209 Å². The average molecular weight is 1190 g/mol. The van der Waals surface area contributed by atoms with Gasteiger partial charge in [-0.3, -0.25) is 28.5 Å². The van der Waals surface area contributed by atoms with Gasteiger partial charge in [0.15, 0.2) is 24.4 Å². The third-order valence-corrected chi connectivity index (χ3v) is 15.7. The molecule has 0 N–H and O–H groups in total. The first-order valence-electron chi connectivity index (χ1n) is 30.7. The molecule has 0 radical (unpaired) electrons. The highest BCUT2D eigenvalue weighted by molar-refractivity contribution is 5.94. The monoisotopic (exact) mass is 1190 g/mol. The molecule has 1 saturated heterocycles. The van der Waals surface area contributed by atoms with Gasteiger partial charge in [-0.1, -0.05) is 131 Å². The van der Waals surface area contributed by atoms with Gasteiger partial charge in [-0.05, 0) is 110 Å². The van der Waals surface area contributed by atoms with Gasteiger partial charge < -0.3 is 38.5 Å².